The van der Waals surface area contributed by atoms with Gasteiger partial charge in [-0.25, -0.2) is 9.59 Å². The van der Waals surface area contributed by atoms with Crippen molar-refractivity contribution in [3.8, 4) is 6.07 Å². The van der Waals surface area contributed by atoms with Crippen LogP contribution >= 0.6 is 0 Å². The third-order valence-corrected chi connectivity index (χ3v) is 4.23. The van der Waals surface area contributed by atoms with Gasteiger partial charge in [0.25, 0.3) is 0 Å². The largest absolute Gasteiger partial charge is 0.479 e. The number of benzene rings is 1. The first-order valence-electron chi connectivity index (χ1n) is 7.55. The Balaban J connectivity index is 3.04. The smallest absolute Gasteiger partial charge is 0.338 e. The van der Waals surface area contributed by atoms with Gasteiger partial charge in [-0.2, -0.15) is 5.26 Å². The Kier molecular flexibility index (Phi) is 6.48. The molecule has 24 heavy (non-hydrogen) atoms. The Labute approximate surface area is 139 Å². The van der Waals surface area contributed by atoms with Crippen LogP contribution in [0.3, 0.4) is 0 Å². The average Bonchev–Trinajstić information content (AvgIpc) is 2.57. The van der Waals surface area contributed by atoms with Crippen molar-refractivity contribution in [3.63, 3.8) is 0 Å². The number of aliphatic carboxylic acids is 2. The molecule has 3 N–H and O–H groups in total. The minimum atomic E-state index is -1.98. The number of amides is 1. The molecule has 1 rings (SSSR count). The average molecular weight is 332 g/mol. The molecule has 0 saturated carbocycles. The predicted molar refractivity (Wildman–Crippen MR) is 85.1 cm³/mol. The molecule has 0 saturated heterocycles. The van der Waals surface area contributed by atoms with Crippen LogP contribution in [-0.4, -0.2) is 34.1 Å². The maximum absolute atomic E-state index is 12.6. The zero-order valence-electron chi connectivity index (χ0n) is 13.6. The Hall–Kier alpha value is -2.88. The van der Waals surface area contributed by atoms with Gasteiger partial charge in [0.2, 0.25) is 11.9 Å². The van der Waals surface area contributed by atoms with Gasteiger partial charge in [0.15, 0.2) is 0 Å². The van der Waals surface area contributed by atoms with Crippen LogP contribution in [0.1, 0.15) is 37.8 Å². The molecule has 0 bridgehead atoms. The summed E-state index contributed by atoms with van der Waals surface area (Å²) in [7, 11) is 0. The number of carboxylic acids is 2. The Bertz CT molecular complexity index is 643. The van der Waals surface area contributed by atoms with Gasteiger partial charge >= 0.3 is 11.9 Å². The summed E-state index contributed by atoms with van der Waals surface area (Å²) in [6.45, 7) is 3.59. The van der Waals surface area contributed by atoms with Crippen LogP contribution in [0.5, 0.6) is 0 Å². The number of hydrogen-bond donors (Lipinski definition) is 3. The molecule has 0 aliphatic heterocycles. The van der Waals surface area contributed by atoms with Crippen molar-refractivity contribution in [3.05, 3.63) is 35.4 Å². The van der Waals surface area contributed by atoms with Crippen molar-refractivity contribution in [2.24, 2.45) is 5.41 Å². The fourth-order valence-electron chi connectivity index (χ4n) is 2.50. The molecule has 128 valence electrons. The highest BCUT2D eigenvalue weighted by atomic mass is 16.4. The van der Waals surface area contributed by atoms with Gasteiger partial charge < -0.3 is 15.5 Å². The maximum Gasteiger partial charge on any atom is 0.338 e. The number of carbonyl (C=O) groups is 3. The van der Waals surface area contributed by atoms with Gasteiger partial charge in [0, 0.05) is 0 Å². The number of carbonyl (C=O) groups excluding carboxylic acids is 1. The van der Waals surface area contributed by atoms with E-state index in [9.17, 15) is 14.4 Å². The lowest BCUT2D eigenvalue weighted by molar-refractivity contribution is -0.154. The van der Waals surface area contributed by atoms with Crippen molar-refractivity contribution in [2.75, 3.05) is 0 Å². The van der Waals surface area contributed by atoms with E-state index in [0.717, 1.165) is 5.56 Å². The molecule has 0 fully saturated rings. The number of nitrogens with one attached hydrogen (secondary N) is 1. The Morgan fingerprint density at radius 1 is 1.12 bits per heavy atom. The molecule has 7 heteroatoms. The van der Waals surface area contributed by atoms with Crippen LogP contribution in [0.15, 0.2) is 24.3 Å². The molecule has 0 spiro atoms. The van der Waals surface area contributed by atoms with Crippen LogP contribution in [0.2, 0.25) is 0 Å². The van der Waals surface area contributed by atoms with Crippen LogP contribution < -0.4 is 5.32 Å². The van der Waals surface area contributed by atoms with Gasteiger partial charge in [-0.05, 0) is 37.0 Å². The highest BCUT2D eigenvalue weighted by molar-refractivity contribution is 6.01. The van der Waals surface area contributed by atoms with Gasteiger partial charge in [0.05, 0.1) is 17.0 Å². The van der Waals surface area contributed by atoms with Crippen LogP contribution in [0.4, 0.5) is 0 Å². The van der Waals surface area contributed by atoms with Gasteiger partial charge in [0.1, 0.15) is 0 Å². The van der Waals surface area contributed by atoms with Gasteiger partial charge in [-0.15, -0.1) is 0 Å². The lowest BCUT2D eigenvalue weighted by atomic mass is 9.76. The minimum absolute atomic E-state index is 0.323. The lowest BCUT2D eigenvalue weighted by Crippen LogP contribution is -2.52. The summed E-state index contributed by atoms with van der Waals surface area (Å²) < 4.78 is 0. The first-order chi connectivity index (χ1) is 11.3. The third kappa shape index (κ3) is 4.32. The summed E-state index contributed by atoms with van der Waals surface area (Å²) in [5.41, 5.74) is 0.394. The maximum atomic E-state index is 12.6. The van der Waals surface area contributed by atoms with Crippen molar-refractivity contribution < 1.29 is 24.6 Å². The summed E-state index contributed by atoms with van der Waals surface area (Å²) in [6, 6.07) is 6.78. The molecule has 0 unspecified atom stereocenters. The van der Waals surface area contributed by atoms with Crippen molar-refractivity contribution in [2.45, 2.75) is 39.2 Å². The van der Waals surface area contributed by atoms with Crippen LogP contribution in [0.25, 0.3) is 0 Å². The predicted octanol–water partition coefficient (Wildman–Crippen LogP) is 1.56. The van der Waals surface area contributed by atoms with E-state index in [2.05, 4.69) is 5.32 Å². The Morgan fingerprint density at radius 2 is 1.62 bits per heavy atom. The summed E-state index contributed by atoms with van der Waals surface area (Å²) in [6.07, 6.45) is 1.16. The molecule has 0 heterocycles. The fourth-order valence-corrected chi connectivity index (χ4v) is 2.50. The number of rotatable bonds is 8. The molecule has 0 aliphatic rings. The second kappa shape index (κ2) is 8.11. The highest BCUT2D eigenvalue weighted by Gasteiger charge is 2.39. The molecular formula is C17H20N2O5. The first-order valence-corrected chi connectivity index (χ1v) is 7.55. The van der Waals surface area contributed by atoms with Crippen molar-refractivity contribution in [1.82, 2.24) is 5.32 Å². The summed E-state index contributed by atoms with van der Waals surface area (Å²) >= 11 is 0. The third-order valence-electron chi connectivity index (χ3n) is 4.23. The van der Waals surface area contributed by atoms with E-state index >= 15 is 0 Å². The molecule has 0 radical (unpaired) electrons. The number of carboxylic acid groups (broad SMARTS) is 2. The summed E-state index contributed by atoms with van der Waals surface area (Å²) in [5.74, 6) is -3.84. The standard InChI is InChI=1S/C17H20N2O5/c1-3-17(4-2,9-11-5-7-12(10-18)8-6-11)16(24)19-13(14(20)21)15(22)23/h5-8,13H,3-4,9H2,1-2H3,(H,19,24)(H,20,21)(H,22,23). The van der Waals surface area contributed by atoms with E-state index in [1.54, 1.807) is 38.1 Å². The Morgan fingerprint density at radius 3 is 2.00 bits per heavy atom. The van der Waals surface area contributed by atoms with E-state index < -0.39 is 29.3 Å². The molecule has 1 aromatic rings. The summed E-state index contributed by atoms with van der Waals surface area (Å²) in [4.78, 5) is 34.5. The second-order valence-corrected chi connectivity index (χ2v) is 5.56. The molecule has 0 aromatic heterocycles. The minimum Gasteiger partial charge on any atom is -0.479 e. The van der Waals surface area contributed by atoms with Gasteiger partial charge in [-0.3, -0.25) is 4.79 Å². The van der Waals surface area contributed by atoms with E-state index in [1.807, 2.05) is 6.07 Å². The quantitative estimate of drug-likeness (QED) is 0.620. The lowest BCUT2D eigenvalue weighted by Gasteiger charge is -2.31. The van der Waals surface area contributed by atoms with Crippen LogP contribution in [-0.2, 0) is 20.8 Å². The SMILES string of the molecule is CCC(CC)(Cc1ccc(C#N)cc1)C(=O)NC(C(=O)O)C(=O)O. The second-order valence-electron chi connectivity index (χ2n) is 5.56. The van der Waals surface area contributed by atoms with E-state index in [1.165, 1.54) is 0 Å². The zero-order chi connectivity index (χ0) is 18.3. The molecule has 0 atom stereocenters. The van der Waals surface area contributed by atoms with Crippen molar-refractivity contribution >= 4 is 17.8 Å². The topological polar surface area (TPSA) is 127 Å². The van der Waals surface area contributed by atoms with E-state index in [4.69, 9.17) is 15.5 Å². The van der Waals surface area contributed by atoms with E-state index in [0.29, 0.717) is 24.8 Å². The number of nitrogens with zero attached hydrogens (tertiary/aromatic N) is 1. The molecule has 0 aliphatic carbocycles. The fraction of sp³-hybridized carbons (Fsp3) is 0.412. The number of nitriles is 1. The van der Waals surface area contributed by atoms with E-state index in [-0.39, 0.29) is 0 Å². The summed E-state index contributed by atoms with van der Waals surface area (Å²) in [5, 5.41) is 28.8. The highest BCUT2D eigenvalue weighted by Crippen LogP contribution is 2.31. The number of hydrogen-bond acceptors (Lipinski definition) is 4. The molecule has 1 amide bonds. The molecule has 7 nitrogen and oxygen atoms in total. The van der Waals surface area contributed by atoms with Crippen molar-refractivity contribution in [1.29, 1.82) is 5.26 Å². The molecule has 1 aromatic carbocycles. The normalized spacial score (nSPS) is 10.9. The monoisotopic (exact) mass is 332 g/mol. The molecular weight excluding hydrogens is 312 g/mol. The first kappa shape index (κ1) is 19.2. The van der Waals surface area contributed by atoms with Crippen LogP contribution in [0, 0.1) is 16.7 Å². The zero-order valence-corrected chi connectivity index (χ0v) is 13.6. The van der Waals surface area contributed by atoms with Gasteiger partial charge in [-0.1, -0.05) is 26.0 Å².